The molecule has 184 valence electrons. The van der Waals surface area contributed by atoms with Crippen molar-refractivity contribution in [3.8, 4) is 0 Å². The fraction of sp³-hybridized carbons (Fsp3) is 0.864. The second-order valence-corrected chi connectivity index (χ2v) is 9.23. The number of guanidine groups is 1. The average Bonchev–Trinajstić information content (AvgIpc) is 3.08. The largest absolute Gasteiger partial charge is 0.379 e. The van der Waals surface area contributed by atoms with E-state index in [1.54, 1.807) is 0 Å². The van der Waals surface area contributed by atoms with Crippen LogP contribution in [-0.2, 0) is 18.3 Å². The zero-order valence-corrected chi connectivity index (χ0v) is 22.7. The first kappa shape index (κ1) is 27.3. The number of halogens is 1. The molecule has 0 unspecified atom stereocenters. The topological polar surface area (TPSA) is 82.8 Å². The van der Waals surface area contributed by atoms with Crippen molar-refractivity contribution in [3.05, 3.63) is 11.6 Å². The summed E-state index contributed by atoms with van der Waals surface area (Å²) in [5.74, 6) is 3.42. The van der Waals surface area contributed by atoms with Gasteiger partial charge < -0.3 is 24.8 Å². The summed E-state index contributed by atoms with van der Waals surface area (Å²) in [5.41, 5.74) is 0. The first-order chi connectivity index (χ1) is 15.0. The Kier molecular flexibility index (Phi) is 12.2. The number of aliphatic imine (C=N–C) groups is 1. The van der Waals surface area contributed by atoms with Crippen molar-refractivity contribution in [2.75, 3.05) is 59.0 Å². The van der Waals surface area contributed by atoms with Gasteiger partial charge in [0, 0.05) is 52.4 Å². The quantitative estimate of drug-likeness (QED) is 0.205. The zero-order valence-electron chi connectivity index (χ0n) is 20.3. The number of likely N-dealkylation sites (tertiary alicyclic amines) is 1. The van der Waals surface area contributed by atoms with Crippen molar-refractivity contribution in [2.45, 2.75) is 52.6 Å². The minimum atomic E-state index is 0. The second kappa shape index (κ2) is 14.3. The molecular formula is C22H43IN8O. The molecule has 0 amide bonds. The van der Waals surface area contributed by atoms with Gasteiger partial charge in [-0.05, 0) is 38.6 Å². The number of piperidine rings is 1. The highest BCUT2D eigenvalue weighted by Crippen LogP contribution is 2.12. The van der Waals surface area contributed by atoms with Crippen molar-refractivity contribution in [1.29, 1.82) is 0 Å². The minimum Gasteiger partial charge on any atom is -0.379 e. The van der Waals surface area contributed by atoms with Crippen LogP contribution in [-0.4, -0.2) is 95.6 Å². The average molecular weight is 563 g/mol. The molecule has 9 nitrogen and oxygen atoms in total. The Bertz CT molecular complexity index is 681. The van der Waals surface area contributed by atoms with E-state index in [4.69, 9.17) is 9.73 Å². The molecule has 0 atom stereocenters. The van der Waals surface area contributed by atoms with Gasteiger partial charge in [-0.3, -0.25) is 4.90 Å². The zero-order chi connectivity index (χ0) is 22.1. The SMILES string of the molecule is Cc1nnc(CN=C(NCCCN2CCOCC2)NC2CCN(CC(C)C)CC2)n1C.I. The molecule has 2 aliphatic rings. The molecular weight excluding hydrogens is 519 g/mol. The molecule has 0 aliphatic carbocycles. The van der Waals surface area contributed by atoms with E-state index in [1.165, 1.54) is 6.54 Å². The molecule has 0 saturated carbocycles. The van der Waals surface area contributed by atoms with Gasteiger partial charge in [-0.15, -0.1) is 34.2 Å². The Balaban J connectivity index is 0.00000363. The molecule has 2 fully saturated rings. The second-order valence-electron chi connectivity index (χ2n) is 9.23. The van der Waals surface area contributed by atoms with Gasteiger partial charge in [0.2, 0.25) is 0 Å². The van der Waals surface area contributed by atoms with E-state index in [-0.39, 0.29) is 24.0 Å². The van der Waals surface area contributed by atoms with Crippen LogP contribution in [0.25, 0.3) is 0 Å². The van der Waals surface area contributed by atoms with Gasteiger partial charge in [-0.1, -0.05) is 13.8 Å². The monoisotopic (exact) mass is 562 g/mol. The Labute approximate surface area is 210 Å². The van der Waals surface area contributed by atoms with Crippen LogP contribution in [0.2, 0.25) is 0 Å². The molecule has 0 spiro atoms. The number of rotatable bonds is 9. The summed E-state index contributed by atoms with van der Waals surface area (Å²) >= 11 is 0. The summed E-state index contributed by atoms with van der Waals surface area (Å²) in [7, 11) is 1.99. The minimum absolute atomic E-state index is 0. The van der Waals surface area contributed by atoms with Crippen LogP contribution in [0.3, 0.4) is 0 Å². The Hall–Kier alpha value is -0.980. The van der Waals surface area contributed by atoms with Crippen LogP contribution in [0.4, 0.5) is 0 Å². The third-order valence-electron chi connectivity index (χ3n) is 6.16. The summed E-state index contributed by atoms with van der Waals surface area (Å²) in [6.45, 7) is 16.4. The van der Waals surface area contributed by atoms with Gasteiger partial charge in [0.1, 0.15) is 12.4 Å². The lowest BCUT2D eigenvalue weighted by atomic mass is 10.0. The van der Waals surface area contributed by atoms with Crippen LogP contribution in [0.15, 0.2) is 4.99 Å². The highest BCUT2D eigenvalue weighted by Gasteiger charge is 2.20. The van der Waals surface area contributed by atoms with E-state index in [0.29, 0.717) is 12.6 Å². The number of nitrogens with zero attached hydrogens (tertiary/aromatic N) is 6. The smallest absolute Gasteiger partial charge is 0.191 e. The molecule has 0 radical (unpaired) electrons. The molecule has 32 heavy (non-hydrogen) atoms. The Morgan fingerprint density at radius 2 is 1.84 bits per heavy atom. The molecule has 2 saturated heterocycles. The number of ether oxygens (including phenoxy) is 1. The predicted octanol–water partition coefficient (Wildman–Crippen LogP) is 1.62. The van der Waals surface area contributed by atoms with E-state index in [2.05, 4.69) is 44.5 Å². The molecule has 1 aromatic heterocycles. The summed E-state index contributed by atoms with van der Waals surface area (Å²) in [4.78, 5) is 9.89. The van der Waals surface area contributed by atoms with Crippen molar-refractivity contribution in [3.63, 3.8) is 0 Å². The predicted molar refractivity (Wildman–Crippen MR) is 140 cm³/mol. The molecule has 0 bridgehead atoms. The highest BCUT2D eigenvalue weighted by atomic mass is 127. The summed E-state index contributed by atoms with van der Waals surface area (Å²) in [6, 6.07) is 0.468. The van der Waals surface area contributed by atoms with Crippen molar-refractivity contribution < 1.29 is 4.74 Å². The van der Waals surface area contributed by atoms with E-state index in [0.717, 1.165) is 95.3 Å². The fourth-order valence-corrected chi connectivity index (χ4v) is 4.19. The Morgan fingerprint density at radius 3 is 2.47 bits per heavy atom. The molecule has 2 aliphatic heterocycles. The lowest BCUT2D eigenvalue weighted by Gasteiger charge is -2.34. The third-order valence-corrected chi connectivity index (χ3v) is 6.16. The summed E-state index contributed by atoms with van der Waals surface area (Å²) in [5, 5.41) is 15.6. The van der Waals surface area contributed by atoms with Gasteiger partial charge in [-0.25, -0.2) is 4.99 Å². The maximum absolute atomic E-state index is 5.44. The van der Waals surface area contributed by atoms with Crippen molar-refractivity contribution in [1.82, 2.24) is 35.2 Å². The number of aryl methyl sites for hydroxylation is 1. The fourth-order valence-electron chi connectivity index (χ4n) is 4.19. The molecule has 3 heterocycles. The molecule has 3 rings (SSSR count). The van der Waals surface area contributed by atoms with Crippen LogP contribution in [0.1, 0.15) is 44.8 Å². The lowest BCUT2D eigenvalue weighted by Crippen LogP contribution is -2.49. The highest BCUT2D eigenvalue weighted by molar-refractivity contribution is 14.0. The number of nitrogens with one attached hydrogen (secondary N) is 2. The van der Waals surface area contributed by atoms with E-state index < -0.39 is 0 Å². The first-order valence-corrected chi connectivity index (χ1v) is 11.9. The van der Waals surface area contributed by atoms with Crippen molar-refractivity contribution in [2.24, 2.45) is 18.0 Å². The molecule has 2 N–H and O–H groups in total. The molecule has 10 heteroatoms. The van der Waals surface area contributed by atoms with Crippen LogP contribution in [0.5, 0.6) is 0 Å². The van der Waals surface area contributed by atoms with Crippen molar-refractivity contribution >= 4 is 29.9 Å². The number of hydrogen-bond donors (Lipinski definition) is 2. The van der Waals surface area contributed by atoms with E-state index in [9.17, 15) is 0 Å². The molecule has 1 aromatic rings. The number of morpholine rings is 1. The number of aromatic nitrogens is 3. The van der Waals surface area contributed by atoms with Crippen LogP contribution in [0, 0.1) is 12.8 Å². The van der Waals surface area contributed by atoms with Gasteiger partial charge in [-0.2, -0.15) is 0 Å². The lowest BCUT2D eigenvalue weighted by molar-refractivity contribution is 0.0376. The normalized spacial score (nSPS) is 19.2. The third kappa shape index (κ3) is 9.11. The first-order valence-electron chi connectivity index (χ1n) is 11.9. The summed E-state index contributed by atoms with van der Waals surface area (Å²) < 4.78 is 7.44. The van der Waals surface area contributed by atoms with Gasteiger partial charge >= 0.3 is 0 Å². The van der Waals surface area contributed by atoms with Gasteiger partial charge in [0.25, 0.3) is 0 Å². The van der Waals surface area contributed by atoms with Crippen LogP contribution < -0.4 is 10.6 Å². The Morgan fingerprint density at radius 1 is 1.12 bits per heavy atom. The molecule has 0 aromatic carbocycles. The number of hydrogen-bond acceptors (Lipinski definition) is 6. The van der Waals surface area contributed by atoms with E-state index >= 15 is 0 Å². The standard InChI is InChI=1S/C22H42N8O.HI/c1-18(2)17-30-10-6-20(7-11-30)25-22(24-16-21-27-26-19(3)28(21)4)23-8-5-9-29-12-14-31-15-13-29;/h18,20H,5-17H2,1-4H3,(H2,23,24,25);1H. The van der Waals surface area contributed by atoms with Gasteiger partial charge in [0.15, 0.2) is 11.8 Å². The maximum Gasteiger partial charge on any atom is 0.191 e. The summed E-state index contributed by atoms with van der Waals surface area (Å²) in [6.07, 6.45) is 3.41. The van der Waals surface area contributed by atoms with E-state index in [1.807, 2.05) is 18.5 Å². The maximum atomic E-state index is 5.44. The van der Waals surface area contributed by atoms with Crippen LogP contribution >= 0.6 is 24.0 Å². The van der Waals surface area contributed by atoms with Gasteiger partial charge in [0.05, 0.1) is 13.2 Å².